The summed E-state index contributed by atoms with van der Waals surface area (Å²) in [6.45, 7) is 0.135. The summed E-state index contributed by atoms with van der Waals surface area (Å²) in [5.74, 6) is -1.31. The zero-order chi connectivity index (χ0) is 24.4. The number of H-pyrrole nitrogens is 1. The molecule has 11 heteroatoms. The summed E-state index contributed by atoms with van der Waals surface area (Å²) in [7, 11) is 2.77. The molecule has 4 rings (SSSR count). The van der Waals surface area contributed by atoms with Crippen LogP contribution in [0.5, 0.6) is 11.6 Å². The van der Waals surface area contributed by atoms with Crippen molar-refractivity contribution in [3.8, 4) is 17.4 Å². The third kappa shape index (κ3) is 4.35. The first-order valence-corrected chi connectivity index (χ1v) is 10.3. The quantitative estimate of drug-likeness (QED) is 0.435. The van der Waals surface area contributed by atoms with Crippen LogP contribution < -0.4 is 26.0 Å². The van der Waals surface area contributed by atoms with Crippen molar-refractivity contribution in [3.05, 3.63) is 91.3 Å². The number of rotatable bonds is 6. The number of aromatic amines is 1. The average molecular weight is 485 g/mol. The van der Waals surface area contributed by atoms with Crippen molar-refractivity contribution in [2.24, 2.45) is 0 Å². The number of nitrogens with zero attached hydrogens (tertiary/aromatic N) is 2. The molecule has 0 aliphatic heterocycles. The largest absolute Gasteiger partial charge is 0.491 e. The van der Waals surface area contributed by atoms with Gasteiger partial charge in [0.15, 0.2) is 5.75 Å². The number of aromatic nitrogens is 3. The minimum atomic E-state index is -0.919. The SMILES string of the molecule is COc1ccc(-n2c(=O)[nH]c3cc(C(=O)NCc4ccc(Cl)cc4)c(F)cc3c2=O)nc1OC. The van der Waals surface area contributed by atoms with E-state index in [1.807, 2.05) is 0 Å². The van der Waals surface area contributed by atoms with E-state index in [0.29, 0.717) is 10.8 Å². The molecule has 4 aromatic rings. The molecule has 2 N–H and O–H groups in total. The molecule has 0 unspecified atom stereocenters. The maximum absolute atomic E-state index is 14.8. The Balaban J connectivity index is 1.71. The zero-order valence-corrected chi connectivity index (χ0v) is 18.8. The second-order valence-electron chi connectivity index (χ2n) is 7.14. The summed E-state index contributed by atoms with van der Waals surface area (Å²) in [4.78, 5) is 44.9. The molecule has 2 heterocycles. The number of methoxy groups -OCH3 is 2. The van der Waals surface area contributed by atoms with Gasteiger partial charge in [-0.05, 0) is 42.0 Å². The van der Waals surface area contributed by atoms with Crippen LogP contribution >= 0.6 is 11.6 Å². The fourth-order valence-electron chi connectivity index (χ4n) is 3.34. The van der Waals surface area contributed by atoms with Gasteiger partial charge in [0.25, 0.3) is 17.3 Å². The summed E-state index contributed by atoms with van der Waals surface area (Å²) in [5.41, 5.74) is -1.19. The number of carbonyl (C=O) groups excluding carboxylic acids is 1. The highest BCUT2D eigenvalue weighted by Crippen LogP contribution is 2.24. The predicted molar refractivity (Wildman–Crippen MR) is 124 cm³/mol. The molecule has 2 aromatic heterocycles. The highest BCUT2D eigenvalue weighted by Gasteiger charge is 2.18. The Bertz CT molecular complexity index is 1520. The van der Waals surface area contributed by atoms with E-state index >= 15 is 0 Å². The number of nitrogens with one attached hydrogen (secondary N) is 2. The number of ether oxygens (including phenoxy) is 2. The summed E-state index contributed by atoms with van der Waals surface area (Å²) >= 11 is 5.84. The van der Waals surface area contributed by atoms with Crippen LogP contribution in [0.15, 0.2) is 58.1 Å². The lowest BCUT2D eigenvalue weighted by Crippen LogP contribution is -2.34. The van der Waals surface area contributed by atoms with E-state index in [1.165, 1.54) is 26.4 Å². The van der Waals surface area contributed by atoms with E-state index in [2.05, 4.69) is 15.3 Å². The van der Waals surface area contributed by atoms with Crippen LogP contribution in [-0.2, 0) is 6.54 Å². The molecule has 0 bridgehead atoms. The van der Waals surface area contributed by atoms with Gasteiger partial charge in [-0.1, -0.05) is 23.7 Å². The van der Waals surface area contributed by atoms with Crippen LogP contribution in [0.3, 0.4) is 0 Å². The van der Waals surface area contributed by atoms with Gasteiger partial charge in [-0.2, -0.15) is 4.98 Å². The molecule has 0 radical (unpaired) electrons. The minimum Gasteiger partial charge on any atom is -0.491 e. The van der Waals surface area contributed by atoms with E-state index in [4.69, 9.17) is 21.1 Å². The number of amides is 1. The van der Waals surface area contributed by atoms with Crippen LogP contribution in [0.1, 0.15) is 15.9 Å². The van der Waals surface area contributed by atoms with Crippen LogP contribution in [-0.4, -0.2) is 34.7 Å². The Kier molecular flexibility index (Phi) is 6.33. The summed E-state index contributed by atoms with van der Waals surface area (Å²) in [5, 5.41) is 3.01. The lowest BCUT2D eigenvalue weighted by Gasteiger charge is -2.11. The predicted octanol–water partition coefficient (Wildman–Crippen LogP) is 2.81. The van der Waals surface area contributed by atoms with Gasteiger partial charge < -0.3 is 19.8 Å². The molecule has 0 saturated carbocycles. The molecule has 174 valence electrons. The van der Waals surface area contributed by atoms with Crippen molar-refractivity contribution < 1.29 is 18.7 Å². The van der Waals surface area contributed by atoms with Gasteiger partial charge in [0.2, 0.25) is 0 Å². The van der Waals surface area contributed by atoms with Crippen LogP contribution in [0, 0.1) is 5.82 Å². The molecule has 0 spiro atoms. The average Bonchev–Trinajstić information content (AvgIpc) is 2.83. The second-order valence-corrected chi connectivity index (χ2v) is 7.57. The fraction of sp³-hybridized carbons (Fsp3) is 0.130. The molecule has 0 atom stereocenters. The first-order valence-electron chi connectivity index (χ1n) is 9.93. The maximum Gasteiger partial charge on any atom is 0.334 e. The van der Waals surface area contributed by atoms with Crippen molar-refractivity contribution in [1.82, 2.24) is 19.9 Å². The first kappa shape index (κ1) is 23.0. The molecule has 0 aliphatic rings. The number of carbonyl (C=O) groups is 1. The Morgan fingerprint density at radius 2 is 1.85 bits per heavy atom. The molecule has 1 amide bonds. The van der Waals surface area contributed by atoms with E-state index in [9.17, 15) is 18.8 Å². The van der Waals surface area contributed by atoms with Crippen LogP contribution in [0.4, 0.5) is 4.39 Å². The standard InChI is InChI=1S/C23H18ClFN4O5/c1-33-18-7-8-19(28-21(18)34-2)29-22(31)15-9-16(25)14(10-17(15)27-23(29)32)20(30)26-11-12-3-5-13(24)6-4-12/h3-10H,11H2,1-2H3,(H,26,30)(H,27,32). The smallest absolute Gasteiger partial charge is 0.334 e. The monoisotopic (exact) mass is 484 g/mol. The minimum absolute atomic E-state index is 0.00442. The van der Waals surface area contributed by atoms with Crippen molar-refractivity contribution in [3.63, 3.8) is 0 Å². The van der Waals surface area contributed by atoms with E-state index in [0.717, 1.165) is 22.3 Å². The third-order valence-corrected chi connectivity index (χ3v) is 5.30. The molecular formula is C23H18ClFN4O5. The molecule has 34 heavy (non-hydrogen) atoms. The second kappa shape index (κ2) is 9.36. The highest BCUT2D eigenvalue weighted by molar-refractivity contribution is 6.30. The Labute approximate surface area is 196 Å². The summed E-state index contributed by atoms with van der Waals surface area (Å²) < 4.78 is 25.8. The fourth-order valence-corrected chi connectivity index (χ4v) is 3.47. The van der Waals surface area contributed by atoms with Crippen molar-refractivity contribution in [1.29, 1.82) is 0 Å². The molecule has 0 fully saturated rings. The van der Waals surface area contributed by atoms with Gasteiger partial charge in [0.05, 0.1) is 30.7 Å². The van der Waals surface area contributed by atoms with Crippen LogP contribution in [0.2, 0.25) is 5.02 Å². The van der Waals surface area contributed by atoms with Gasteiger partial charge >= 0.3 is 5.69 Å². The lowest BCUT2D eigenvalue weighted by atomic mass is 10.1. The van der Waals surface area contributed by atoms with E-state index in [1.54, 1.807) is 24.3 Å². The van der Waals surface area contributed by atoms with E-state index in [-0.39, 0.29) is 34.7 Å². The Hall–Kier alpha value is -4.18. The van der Waals surface area contributed by atoms with Gasteiger partial charge in [-0.25, -0.2) is 13.8 Å². The number of fused-ring (bicyclic) bond motifs is 1. The topological polar surface area (TPSA) is 115 Å². The molecule has 2 aromatic carbocycles. The molecule has 0 saturated heterocycles. The molecule has 9 nitrogen and oxygen atoms in total. The van der Waals surface area contributed by atoms with E-state index < -0.39 is 23.0 Å². The maximum atomic E-state index is 14.8. The van der Waals surface area contributed by atoms with Gasteiger partial charge in [0.1, 0.15) is 11.6 Å². The van der Waals surface area contributed by atoms with Gasteiger partial charge in [-0.3, -0.25) is 9.59 Å². The lowest BCUT2D eigenvalue weighted by molar-refractivity contribution is 0.0947. The van der Waals surface area contributed by atoms with Crippen molar-refractivity contribution in [2.75, 3.05) is 14.2 Å². The van der Waals surface area contributed by atoms with Crippen molar-refractivity contribution >= 4 is 28.4 Å². The Morgan fingerprint density at radius 3 is 2.53 bits per heavy atom. The number of benzene rings is 2. The normalized spacial score (nSPS) is 10.8. The summed E-state index contributed by atoms with van der Waals surface area (Å²) in [6.07, 6.45) is 0. The number of halogens is 2. The van der Waals surface area contributed by atoms with Gasteiger partial charge in [-0.15, -0.1) is 0 Å². The number of pyridine rings is 1. The Morgan fingerprint density at radius 1 is 1.12 bits per heavy atom. The number of hydrogen-bond acceptors (Lipinski definition) is 6. The summed E-state index contributed by atoms with van der Waals surface area (Å²) in [6, 6.07) is 11.7. The molecule has 0 aliphatic carbocycles. The number of hydrogen-bond donors (Lipinski definition) is 2. The molecular weight excluding hydrogens is 467 g/mol. The van der Waals surface area contributed by atoms with Crippen LogP contribution in [0.25, 0.3) is 16.7 Å². The van der Waals surface area contributed by atoms with Crippen molar-refractivity contribution in [2.45, 2.75) is 6.54 Å². The highest BCUT2D eigenvalue weighted by atomic mass is 35.5. The zero-order valence-electron chi connectivity index (χ0n) is 18.0. The van der Waals surface area contributed by atoms with Gasteiger partial charge in [0, 0.05) is 11.6 Å². The first-order chi connectivity index (χ1) is 16.3. The third-order valence-electron chi connectivity index (χ3n) is 5.05.